The van der Waals surface area contributed by atoms with E-state index in [0.717, 1.165) is 18.1 Å². The summed E-state index contributed by atoms with van der Waals surface area (Å²) in [5, 5.41) is 5.21. The van der Waals surface area contributed by atoms with Crippen LogP contribution in [0.3, 0.4) is 0 Å². The van der Waals surface area contributed by atoms with Crippen molar-refractivity contribution in [2.45, 2.75) is 38.0 Å². The van der Waals surface area contributed by atoms with Crippen molar-refractivity contribution in [3.8, 4) is 0 Å². The summed E-state index contributed by atoms with van der Waals surface area (Å²) >= 11 is 1.85. The van der Waals surface area contributed by atoms with Gasteiger partial charge >= 0.3 is 0 Å². The van der Waals surface area contributed by atoms with Gasteiger partial charge in [-0.05, 0) is 37.5 Å². The monoisotopic (exact) mass is 249 g/mol. The SMILES string of the molecule is CC1CC(C)SC(=NCCc2ccncc2)N1. The molecule has 0 saturated carbocycles. The molecule has 0 aromatic carbocycles. The Bertz CT molecular complexity index is 366. The first kappa shape index (κ1) is 12.4. The molecule has 1 saturated heterocycles. The van der Waals surface area contributed by atoms with Crippen LogP contribution in [0.5, 0.6) is 0 Å². The second-order valence-electron chi connectivity index (χ2n) is 4.50. The number of amidine groups is 1. The van der Waals surface area contributed by atoms with Crippen molar-refractivity contribution < 1.29 is 0 Å². The molecule has 17 heavy (non-hydrogen) atoms. The molecule has 1 aromatic heterocycles. The largest absolute Gasteiger partial charge is 0.362 e. The topological polar surface area (TPSA) is 37.3 Å². The van der Waals surface area contributed by atoms with E-state index >= 15 is 0 Å². The van der Waals surface area contributed by atoms with Crippen LogP contribution < -0.4 is 5.32 Å². The Kier molecular flexibility index (Phi) is 4.42. The summed E-state index contributed by atoms with van der Waals surface area (Å²) in [6.07, 6.45) is 5.87. The van der Waals surface area contributed by atoms with E-state index in [-0.39, 0.29) is 0 Å². The number of pyridine rings is 1. The minimum Gasteiger partial charge on any atom is -0.362 e. The van der Waals surface area contributed by atoms with Gasteiger partial charge in [0.05, 0.1) is 0 Å². The van der Waals surface area contributed by atoms with Crippen molar-refractivity contribution in [2.24, 2.45) is 4.99 Å². The van der Waals surface area contributed by atoms with Crippen molar-refractivity contribution >= 4 is 16.9 Å². The highest BCUT2D eigenvalue weighted by molar-refractivity contribution is 8.14. The zero-order valence-electron chi connectivity index (χ0n) is 10.4. The third-order valence-corrected chi connectivity index (χ3v) is 3.84. The molecule has 4 heteroatoms. The van der Waals surface area contributed by atoms with Gasteiger partial charge in [-0.3, -0.25) is 9.98 Å². The van der Waals surface area contributed by atoms with E-state index in [1.54, 1.807) is 0 Å². The molecule has 0 aliphatic carbocycles. The van der Waals surface area contributed by atoms with E-state index in [0.29, 0.717) is 11.3 Å². The van der Waals surface area contributed by atoms with Crippen LogP contribution in [0.1, 0.15) is 25.8 Å². The van der Waals surface area contributed by atoms with Crippen molar-refractivity contribution in [1.29, 1.82) is 0 Å². The minimum atomic E-state index is 0.547. The number of rotatable bonds is 3. The van der Waals surface area contributed by atoms with Gasteiger partial charge in [-0.25, -0.2) is 0 Å². The van der Waals surface area contributed by atoms with Gasteiger partial charge < -0.3 is 5.32 Å². The molecular formula is C13H19N3S. The zero-order valence-corrected chi connectivity index (χ0v) is 11.2. The molecule has 1 fully saturated rings. The molecule has 1 aliphatic rings. The Labute approximate surface area is 107 Å². The highest BCUT2D eigenvalue weighted by Gasteiger charge is 2.19. The van der Waals surface area contributed by atoms with Gasteiger partial charge in [-0.2, -0.15) is 0 Å². The van der Waals surface area contributed by atoms with Gasteiger partial charge in [-0.1, -0.05) is 18.7 Å². The number of nitrogens with one attached hydrogen (secondary N) is 1. The maximum absolute atomic E-state index is 4.63. The summed E-state index contributed by atoms with van der Waals surface area (Å²) in [7, 11) is 0. The van der Waals surface area contributed by atoms with E-state index < -0.39 is 0 Å². The molecule has 92 valence electrons. The van der Waals surface area contributed by atoms with Crippen LogP contribution in [-0.2, 0) is 6.42 Å². The van der Waals surface area contributed by atoms with E-state index in [1.165, 1.54) is 12.0 Å². The molecule has 0 radical (unpaired) electrons. The summed E-state index contributed by atoms with van der Waals surface area (Å²) in [5.74, 6) is 0. The number of nitrogens with zero attached hydrogens (tertiary/aromatic N) is 2. The lowest BCUT2D eigenvalue weighted by Crippen LogP contribution is -2.38. The van der Waals surface area contributed by atoms with E-state index in [9.17, 15) is 0 Å². The van der Waals surface area contributed by atoms with Gasteiger partial charge in [0.1, 0.15) is 0 Å². The average molecular weight is 249 g/mol. The number of aromatic nitrogens is 1. The van der Waals surface area contributed by atoms with Crippen molar-refractivity contribution in [1.82, 2.24) is 10.3 Å². The van der Waals surface area contributed by atoms with E-state index in [1.807, 2.05) is 36.3 Å². The smallest absolute Gasteiger partial charge is 0.157 e. The second kappa shape index (κ2) is 6.05. The summed E-state index contributed by atoms with van der Waals surface area (Å²) < 4.78 is 0. The van der Waals surface area contributed by atoms with Crippen LogP contribution in [0.25, 0.3) is 0 Å². The standard InChI is InChI=1S/C13H19N3S/c1-10-9-11(2)17-13(16-10)15-8-5-12-3-6-14-7-4-12/h3-4,6-7,10-11H,5,8-9H2,1-2H3,(H,15,16). The van der Waals surface area contributed by atoms with Gasteiger partial charge in [0.2, 0.25) is 0 Å². The molecule has 3 nitrogen and oxygen atoms in total. The van der Waals surface area contributed by atoms with E-state index in [4.69, 9.17) is 0 Å². The van der Waals surface area contributed by atoms with Gasteiger partial charge in [0.15, 0.2) is 5.17 Å². The van der Waals surface area contributed by atoms with Gasteiger partial charge in [0, 0.05) is 30.2 Å². The van der Waals surface area contributed by atoms with Crippen LogP contribution in [0, 0.1) is 0 Å². The fraction of sp³-hybridized carbons (Fsp3) is 0.538. The van der Waals surface area contributed by atoms with Crippen LogP contribution in [0.2, 0.25) is 0 Å². The van der Waals surface area contributed by atoms with Crippen molar-refractivity contribution in [3.63, 3.8) is 0 Å². The summed E-state index contributed by atoms with van der Waals surface area (Å²) in [5.41, 5.74) is 1.30. The highest BCUT2D eigenvalue weighted by Crippen LogP contribution is 2.22. The fourth-order valence-corrected chi connectivity index (χ4v) is 3.16. The minimum absolute atomic E-state index is 0.547. The second-order valence-corrected chi connectivity index (χ2v) is 5.93. The summed E-state index contributed by atoms with van der Waals surface area (Å²) in [4.78, 5) is 8.64. The first-order valence-corrected chi connectivity index (χ1v) is 6.98. The molecule has 2 heterocycles. The Hall–Kier alpha value is -1.03. The molecule has 1 N–H and O–H groups in total. The Morgan fingerprint density at radius 3 is 2.88 bits per heavy atom. The van der Waals surface area contributed by atoms with Gasteiger partial charge in [0.25, 0.3) is 0 Å². The number of hydrogen-bond acceptors (Lipinski definition) is 3. The first-order valence-electron chi connectivity index (χ1n) is 6.10. The molecule has 2 atom stereocenters. The zero-order chi connectivity index (χ0) is 12.1. The Balaban J connectivity index is 1.84. The van der Waals surface area contributed by atoms with Crippen LogP contribution >= 0.6 is 11.8 Å². The third-order valence-electron chi connectivity index (χ3n) is 2.77. The lowest BCUT2D eigenvalue weighted by atomic mass is 10.2. The maximum Gasteiger partial charge on any atom is 0.157 e. The predicted molar refractivity (Wildman–Crippen MR) is 74.5 cm³/mol. The first-order chi connectivity index (χ1) is 8.24. The lowest BCUT2D eigenvalue weighted by Gasteiger charge is -2.26. The predicted octanol–water partition coefficient (Wildman–Crippen LogP) is 2.48. The Morgan fingerprint density at radius 2 is 2.18 bits per heavy atom. The maximum atomic E-state index is 4.63. The summed E-state index contributed by atoms with van der Waals surface area (Å²) in [6, 6.07) is 4.64. The quantitative estimate of drug-likeness (QED) is 0.894. The van der Waals surface area contributed by atoms with Crippen molar-refractivity contribution in [2.75, 3.05) is 6.54 Å². The van der Waals surface area contributed by atoms with E-state index in [2.05, 4.69) is 29.1 Å². The fourth-order valence-electron chi connectivity index (χ4n) is 1.96. The lowest BCUT2D eigenvalue weighted by molar-refractivity contribution is 0.597. The molecule has 1 aromatic rings. The molecule has 0 bridgehead atoms. The third kappa shape index (κ3) is 4.04. The van der Waals surface area contributed by atoms with Crippen LogP contribution in [0.15, 0.2) is 29.5 Å². The number of hydrogen-bond donors (Lipinski definition) is 1. The van der Waals surface area contributed by atoms with Gasteiger partial charge in [-0.15, -0.1) is 0 Å². The van der Waals surface area contributed by atoms with Crippen molar-refractivity contribution in [3.05, 3.63) is 30.1 Å². The molecule has 0 amide bonds. The molecule has 2 rings (SSSR count). The summed E-state index contributed by atoms with van der Waals surface area (Å²) in [6.45, 7) is 5.33. The average Bonchev–Trinajstić information content (AvgIpc) is 2.29. The molecule has 2 unspecified atom stereocenters. The molecular weight excluding hydrogens is 230 g/mol. The Morgan fingerprint density at radius 1 is 1.41 bits per heavy atom. The normalized spacial score (nSPS) is 26.8. The number of thioether (sulfide) groups is 1. The van der Waals surface area contributed by atoms with Crippen LogP contribution in [0.4, 0.5) is 0 Å². The molecule has 1 aliphatic heterocycles. The number of aliphatic imine (C=N–C) groups is 1. The van der Waals surface area contributed by atoms with Crippen LogP contribution in [-0.4, -0.2) is 28.0 Å². The molecule has 0 spiro atoms. The highest BCUT2D eigenvalue weighted by atomic mass is 32.2.